The van der Waals surface area contributed by atoms with E-state index in [1.807, 2.05) is 23.0 Å². The molecule has 6 heteroatoms. The second-order valence-electron chi connectivity index (χ2n) is 9.51. The van der Waals surface area contributed by atoms with E-state index < -0.39 is 0 Å². The van der Waals surface area contributed by atoms with Crippen LogP contribution in [0.4, 0.5) is 4.39 Å². The minimum Gasteiger partial charge on any atom is -0.243 e. The molecule has 0 spiro atoms. The van der Waals surface area contributed by atoms with Crippen molar-refractivity contribution < 1.29 is 4.39 Å². The molecule has 0 N–H and O–H groups in total. The fourth-order valence-corrected chi connectivity index (χ4v) is 6.94. The summed E-state index contributed by atoms with van der Waals surface area (Å²) in [5.74, 6) is 0.914. The third-order valence-corrected chi connectivity index (χ3v) is 8.11. The van der Waals surface area contributed by atoms with Gasteiger partial charge in [0.1, 0.15) is 5.82 Å². The highest BCUT2D eigenvalue weighted by atomic mass is 32.2. The van der Waals surface area contributed by atoms with Crippen molar-refractivity contribution in [1.29, 1.82) is 0 Å². The maximum absolute atomic E-state index is 13.4. The fraction of sp³-hybridized carbons (Fsp3) is 0.296. The number of aromatic nitrogens is 2. The lowest BCUT2D eigenvalue weighted by atomic mass is 9.87. The molecular weight excluding hydrogens is 431 g/mol. The average molecular weight is 459 g/mol. The molecule has 1 aromatic heterocycles. The number of nitrogens with zero attached hydrogens (tertiary/aromatic N) is 4. The van der Waals surface area contributed by atoms with Crippen molar-refractivity contribution in [2.24, 2.45) is 5.92 Å². The molecule has 33 heavy (non-hydrogen) atoms. The molecule has 2 heterocycles. The Morgan fingerprint density at radius 2 is 1.82 bits per heavy atom. The predicted octanol–water partition coefficient (Wildman–Crippen LogP) is 5.56. The number of hydrogen-bond acceptors (Lipinski definition) is 4. The Morgan fingerprint density at radius 1 is 1.06 bits per heavy atom. The molecule has 3 atom stereocenters. The van der Waals surface area contributed by atoms with Crippen LogP contribution in [0.15, 0.2) is 72.9 Å². The number of hydrogen-bond donors (Lipinski definition) is 0. The summed E-state index contributed by atoms with van der Waals surface area (Å²) in [5.41, 5.74) is 6.24. The predicted molar refractivity (Wildman–Crippen MR) is 133 cm³/mol. The molecule has 6 rings (SSSR count). The molecule has 1 aliphatic carbocycles. The highest BCUT2D eigenvalue weighted by Gasteiger charge is 2.70. The topological polar surface area (TPSA) is 24.3 Å². The Bertz CT molecular complexity index is 1320. The van der Waals surface area contributed by atoms with E-state index in [1.54, 1.807) is 12.1 Å². The molecule has 1 saturated carbocycles. The molecule has 0 amide bonds. The summed E-state index contributed by atoms with van der Waals surface area (Å²) in [5, 5.41) is 5.77. The van der Waals surface area contributed by atoms with Crippen LogP contribution in [-0.4, -0.2) is 45.6 Å². The van der Waals surface area contributed by atoms with Gasteiger partial charge in [0.05, 0.1) is 17.4 Å². The zero-order chi connectivity index (χ0) is 22.7. The minimum absolute atomic E-state index is 0.126. The van der Waals surface area contributed by atoms with Crippen molar-refractivity contribution in [3.05, 3.63) is 95.4 Å². The molecule has 4 nitrogen and oxygen atoms in total. The molecule has 2 fully saturated rings. The first kappa shape index (κ1) is 20.9. The highest BCUT2D eigenvalue weighted by molar-refractivity contribution is 7.94. The molecule has 1 aliphatic heterocycles. The Morgan fingerprint density at radius 3 is 2.55 bits per heavy atom. The van der Waals surface area contributed by atoms with Gasteiger partial charge in [-0.1, -0.05) is 30.3 Å². The monoisotopic (exact) mass is 458 g/mol. The molecule has 1 saturated heterocycles. The van der Waals surface area contributed by atoms with Crippen LogP contribution in [0.3, 0.4) is 0 Å². The zero-order valence-electron chi connectivity index (χ0n) is 19.1. The normalized spacial score (nSPS) is 24.5. The van der Waals surface area contributed by atoms with Crippen molar-refractivity contribution in [3.8, 4) is 5.69 Å². The quantitative estimate of drug-likeness (QED) is 0.365. The zero-order valence-corrected chi connectivity index (χ0v) is 19.9. The van der Waals surface area contributed by atoms with Gasteiger partial charge in [0.15, 0.2) is 0 Å². The van der Waals surface area contributed by atoms with E-state index in [4.69, 9.17) is 0 Å². The molecule has 3 unspecified atom stereocenters. The van der Waals surface area contributed by atoms with Crippen LogP contribution in [0.1, 0.15) is 22.6 Å². The van der Waals surface area contributed by atoms with Gasteiger partial charge >= 0.3 is 0 Å². The fourth-order valence-electron chi connectivity index (χ4n) is 5.98. The van der Waals surface area contributed by atoms with E-state index in [2.05, 4.69) is 77.2 Å². The van der Waals surface area contributed by atoms with Crippen LogP contribution in [-0.2, 0) is 5.41 Å². The Hall–Kier alpha value is -2.67. The Kier molecular flexibility index (Phi) is 4.87. The molecule has 4 aromatic rings. The number of rotatable bonds is 5. The van der Waals surface area contributed by atoms with Crippen LogP contribution in [0, 0.1) is 18.7 Å². The molecule has 0 bridgehead atoms. The SMILES string of the molecule is Cc1cc2c(cnn2-c2ccc(F)cc2)cc1C12CN(SN(C)C)CC1C2c1ccccc1. The first-order chi connectivity index (χ1) is 16.0. The van der Waals surface area contributed by atoms with Gasteiger partial charge in [-0.25, -0.2) is 17.7 Å². The first-order valence-corrected chi connectivity index (χ1v) is 12.1. The number of piperidine rings is 1. The number of benzene rings is 3. The smallest absolute Gasteiger partial charge is 0.123 e. The lowest BCUT2D eigenvalue weighted by Gasteiger charge is -2.26. The second-order valence-corrected chi connectivity index (χ2v) is 10.9. The summed E-state index contributed by atoms with van der Waals surface area (Å²) in [6.45, 7) is 4.36. The van der Waals surface area contributed by atoms with Crippen LogP contribution < -0.4 is 0 Å². The number of aryl methyl sites for hydroxylation is 1. The van der Waals surface area contributed by atoms with Gasteiger partial charge in [-0.05, 0) is 80.0 Å². The summed E-state index contributed by atoms with van der Waals surface area (Å²) >= 11 is 1.82. The van der Waals surface area contributed by atoms with Crippen LogP contribution in [0.5, 0.6) is 0 Å². The van der Waals surface area contributed by atoms with Gasteiger partial charge in [0.2, 0.25) is 0 Å². The first-order valence-electron chi connectivity index (χ1n) is 11.4. The lowest BCUT2D eigenvalue weighted by Crippen LogP contribution is -2.26. The highest BCUT2D eigenvalue weighted by Crippen LogP contribution is 2.70. The minimum atomic E-state index is -0.235. The summed E-state index contributed by atoms with van der Waals surface area (Å²) in [6.07, 6.45) is 1.94. The van der Waals surface area contributed by atoms with Gasteiger partial charge in [-0.3, -0.25) is 0 Å². The van der Waals surface area contributed by atoms with E-state index in [0.717, 1.165) is 29.7 Å². The van der Waals surface area contributed by atoms with Crippen LogP contribution in [0.25, 0.3) is 16.6 Å². The van der Waals surface area contributed by atoms with E-state index in [0.29, 0.717) is 11.8 Å². The maximum Gasteiger partial charge on any atom is 0.123 e. The van der Waals surface area contributed by atoms with Crippen molar-refractivity contribution in [2.75, 3.05) is 27.2 Å². The Balaban J connectivity index is 1.43. The van der Waals surface area contributed by atoms with Gasteiger partial charge in [0.25, 0.3) is 0 Å². The summed E-state index contributed by atoms with van der Waals surface area (Å²) in [6, 6.07) is 22.1. The van der Waals surface area contributed by atoms with E-state index in [-0.39, 0.29) is 11.2 Å². The van der Waals surface area contributed by atoms with Gasteiger partial charge in [-0.2, -0.15) is 5.10 Å². The van der Waals surface area contributed by atoms with Crippen molar-refractivity contribution in [1.82, 2.24) is 18.4 Å². The molecule has 2 aliphatic rings. The standard InChI is InChI=1S/C27H27FN4S/c1-18-13-25-20(15-29-32(25)22-11-9-21(28)10-12-22)14-23(18)27-17-31(33-30(2)3)16-24(27)26(27)19-7-5-4-6-8-19/h4-15,24,26H,16-17H2,1-3H3. The third kappa shape index (κ3) is 3.31. The van der Waals surface area contributed by atoms with Crippen molar-refractivity contribution in [3.63, 3.8) is 0 Å². The van der Waals surface area contributed by atoms with E-state index in [1.165, 1.54) is 28.8 Å². The number of fused-ring (bicyclic) bond motifs is 2. The van der Waals surface area contributed by atoms with E-state index in [9.17, 15) is 4.39 Å². The van der Waals surface area contributed by atoms with Gasteiger partial charge in [-0.15, -0.1) is 0 Å². The van der Waals surface area contributed by atoms with Crippen LogP contribution in [0.2, 0.25) is 0 Å². The second kappa shape index (κ2) is 7.69. The Labute approximate surface area is 198 Å². The largest absolute Gasteiger partial charge is 0.243 e. The molecule has 0 radical (unpaired) electrons. The summed E-state index contributed by atoms with van der Waals surface area (Å²) in [7, 11) is 4.22. The maximum atomic E-state index is 13.4. The van der Waals surface area contributed by atoms with Crippen molar-refractivity contribution >= 4 is 23.0 Å². The molecule has 168 valence electrons. The van der Waals surface area contributed by atoms with Gasteiger partial charge in [0, 0.05) is 41.9 Å². The third-order valence-electron chi connectivity index (χ3n) is 7.27. The number of halogens is 1. The molecular formula is C27H27FN4S. The molecule has 3 aromatic carbocycles. The summed E-state index contributed by atoms with van der Waals surface area (Å²) < 4.78 is 20.0. The van der Waals surface area contributed by atoms with Gasteiger partial charge < -0.3 is 0 Å². The lowest BCUT2D eigenvalue weighted by molar-refractivity contribution is 0.461. The van der Waals surface area contributed by atoms with Crippen molar-refractivity contribution in [2.45, 2.75) is 18.3 Å². The van der Waals surface area contributed by atoms with E-state index >= 15 is 0 Å². The summed E-state index contributed by atoms with van der Waals surface area (Å²) in [4.78, 5) is 0. The average Bonchev–Trinajstić information content (AvgIpc) is 3.06. The van der Waals surface area contributed by atoms with Crippen LogP contribution >= 0.6 is 12.1 Å².